The van der Waals surface area contributed by atoms with Crippen molar-refractivity contribution in [3.8, 4) is 0 Å². The standard InChI is InChI=1S/C11H8F4O3/c1-2-18-8(17)4-7(16)5-3-6(12)10(14)11(15)9(5)13/h3-4,16H,2H2,1H3. The van der Waals surface area contributed by atoms with Gasteiger partial charge in [-0.15, -0.1) is 0 Å². The molecule has 1 rings (SSSR count). The maximum Gasteiger partial charge on any atom is 0.334 e. The van der Waals surface area contributed by atoms with Crippen LogP contribution in [0.15, 0.2) is 12.1 Å². The van der Waals surface area contributed by atoms with Crippen molar-refractivity contribution in [2.75, 3.05) is 6.61 Å². The number of carbonyl (C=O) groups is 1. The van der Waals surface area contributed by atoms with Crippen LogP contribution in [0.4, 0.5) is 17.6 Å². The molecule has 0 fully saturated rings. The number of aliphatic hydroxyl groups excluding tert-OH is 1. The molecule has 0 aliphatic rings. The first kappa shape index (κ1) is 14.0. The summed E-state index contributed by atoms with van der Waals surface area (Å²) in [6.45, 7) is 1.48. The molecule has 0 unspecified atom stereocenters. The summed E-state index contributed by atoms with van der Waals surface area (Å²) in [7, 11) is 0. The van der Waals surface area contributed by atoms with Crippen molar-refractivity contribution < 1.29 is 32.2 Å². The molecule has 0 radical (unpaired) electrons. The first-order valence-corrected chi connectivity index (χ1v) is 4.79. The minimum atomic E-state index is -2.08. The Hall–Kier alpha value is -2.05. The van der Waals surface area contributed by atoms with Gasteiger partial charge in [-0.3, -0.25) is 0 Å². The van der Waals surface area contributed by atoms with Crippen LogP contribution in [0.2, 0.25) is 0 Å². The summed E-state index contributed by atoms with van der Waals surface area (Å²) in [5.74, 6) is -9.66. The lowest BCUT2D eigenvalue weighted by atomic mass is 10.1. The van der Waals surface area contributed by atoms with Gasteiger partial charge in [-0.2, -0.15) is 0 Å². The van der Waals surface area contributed by atoms with E-state index in [-0.39, 0.29) is 12.7 Å². The van der Waals surface area contributed by atoms with E-state index in [1.807, 2.05) is 0 Å². The SMILES string of the molecule is CCOC(=O)C=C(O)c1cc(F)c(F)c(F)c1F. The van der Waals surface area contributed by atoms with Crippen molar-refractivity contribution in [3.05, 3.63) is 41.0 Å². The summed E-state index contributed by atoms with van der Waals surface area (Å²) in [5.41, 5.74) is -0.973. The Labute approximate surface area is 99.3 Å². The molecule has 0 aromatic heterocycles. The average Bonchev–Trinajstić information content (AvgIpc) is 2.31. The third kappa shape index (κ3) is 2.79. The highest BCUT2D eigenvalue weighted by atomic mass is 19.2. The predicted molar refractivity (Wildman–Crippen MR) is 53.5 cm³/mol. The van der Waals surface area contributed by atoms with E-state index in [1.54, 1.807) is 0 Å². The second-order valence-corrected chi connectivity index (χ2v) is 3.13. The molecule has 0 aliphatic heterocycles. The van der Waals surface area contributed by atoms with Gasteiger partial charge in [-0.25, -0.2) is 22.4 Å². The lowest BCUT2D eigenvalue weighted by Crippen LogP contribution is -2.04. The van der Waals surface area contributed by atoms with E-state index in [2.05, 4.69) is 4.74 Å². The minimum absolute atomic E-state index is 0.00274. The predicted octanol–water partition coefficient (Wildman–Crippen LogP) is 2.71. The fourth-order valence-electron chi connectivity index (χ4n) is 1.13. The Morgan fingerprint density at radius 3 is 2.44 bits per heavy atom. The summed E-state index contributed by atoms with van der Waals surface area (Å²) >= 11 is 0. The number of hydrogen-bond donors (Lipinski definition) is 1. The highest BCUT2D eigenvalue weighted by Crippen LogP contribution is 2.23. The number of rotatable bonds is 3. The largest absolute Gasteiger partial charge is 0.507 e. The number of ether oxygens (including phenoxy) is 1. The zero-order valence-electron chi connectivity index (χ0n) is 9.14. The molecule has 3 nitrogen and oxygen atoms in total. The van der Waals surface area contributed by atoms with E-state index in [4.69, 9.17) is 0 Å². The van der Waals surface area contributed by atoms with Crippen LogP contribution in [0, 0.1) is 23.3 Å². The Morgan fingerprint density at radius 1 is 1.28 bits per heavy atom. The van der Waals surface area contributed by atoms with Crippen LogP contribution in [0.3, 0.4) is 0 Å². The molecule has 1 aromatic carbocycles. The molecule has 0 aliphatic carbocycles. The summed E-state index contributed by atoms with van der Waals surface area (Å²) in [6.07, 6.45) is 0.429. The first-order valence-electron chi connectivity index (χ1n) is 4.79. The number of benzene rings is 1. The van der Waals surface area contributed by atoms with Gasteiger partial charge in [-0.1, -0.05) is 0 Å². The van der Waals surface area contributed by atoms with Gasteiger partial charge in [-0.05, 0) is 13.0 Å². The second kappa shape index (κ2) is 5.52. The lowest BCUT2D eigenvalue weighted by Gasteiger charge is -2.05. The van der Waals surface area contributed by atoms with E-state index in [9.17, 15) is 27.5 Å². The molecule has 1 aromatic rings. The Bertz CT molecular complexity index is 512. The molecule has 0 bridgehead atoms. The van der Waals surface area contributed by atoms with Gasteiger partial charge in [0.25, 0.3) is 0 Å². The van der Waals surface area contributed by atoms with Crippen molar-refractivity contribution in [1.29, 1.82) is 0 Å². The summed E-state index contributed by atoms with van der Waals surface area (Å²) in [4.78, 5) is 10.9. The summed E-state index contributed by atoms with van der Waals surface area (Å²) < 4.78 is 55.9. The smallest absolute Gasteiger partial charge is 0.334 e. The van der Waals surface area contributed by atoms with Crippen LogP contribution in [0.5, 0.6) is 0 Å². The molecule has 18 heavy (non-hydrogen) atoms. The van der Waals surface area contributed by atoms with Crippen molar-refractivity contribution in [2.45, 2.75) is 6.92 Å². The number of esters is 1. The monoisotopic (exact) mass is 264 g/mol. The summed E-state index contributed by atoms with van der Waals surface area (Å²) in [5, 5.41) is 9.30. The first-order chi connectivity index (χ1) is 8.38. The zero-order valence-corrected chi connectivity index (χ0v) is 9.14. The molecule has 0 amide bonds. The molecule has 1 N–H and O–H groups in total. The van der Waals surface area contributed by atoms with Gasteiger partial charge in [0.05, 0.1) is 18.2 Å². The van der Waals surface area contributed by atoms with E-state index in [0.29, 0.717) is 6.08 Å². The molecule has 0 spiro atoms. The van der Waals surface area contributed by atoms with Crippen LogP contribution in [-0.2, 0) is 9.53 Å². The highest BCUT2D eigenvalue weighted by molar-refractivity contribution is 5.89. The van der Waals surface area contributed by atoms with Gasteiger partial charge in [0.2, 0.25) is 0 Å². The fourth-order valence-corrected chi connectivity index (χ4v) is 1.13. The number of aliphatic hydroxyl groups is 1. The number of hydrogen-bond acceptors (Lipinski definition) is 3. The van der Waals surface area contributed by atoms with E-state index in [0.717, 1.165) is 0 Å². The van der Waals surface area contributed by atoms with E-state index in [1.165, 1.54) is 6.92 Å². The normalized spacial score (nSPS) is 11.5. The Kier molecular flexibility index (Phi) is 4.30. The number of carbonyl (C=O) groups excluding carboxylic acids is 1. The topological polar surface area (TPSA) is 46.5 Å². The van der Waals surface area contributed by atoms with Gasteiger partial charge in [0.15, 0.2) is 23.3 Å². The molecule has 0 saturated heterocycles. The molecule has 0 saturated carbocycles. The van der Waals surface area contributed by atoms with Crippen LogP contribution in [-0.4, -0.2) is 17.7 Å². The quantitative estimate of drug-likeness (QED) is 0.228. The average molecular weight is 264 g/mol. The van der Waals surface area contributed by atoms with Crippen LogP contribution >= 0.6 is 0 Å². The molecule has 0 atom stereocenters. The van der Waals surface area contributed by atoms with Gasteiger partial charge in [0, 0.05) is 0 Å². The zero-order chi connectivity index (χ0) is 13.9. The van der Waals surface area contributed by atoms with Gasteiger partial charge in [0.1, 0.15) is 5.76 Å². The molecular weight excluding hydrogens is 256 g/mol. The Balaban J connectivity index is 3.22. The highest BCUT2D eigenvalue weighted by Gasteiger charge is 2.21. The fraction of sp³-hybridized carbons (Fsp3) is 0.182. The van der Waals surface area contributed by atoms with Crippen molar-refractivity contribution in [2.24, 2.45) is 0 Å². The third-order valence-electron chi connectivity index (χ3n) is 1.92. The second-order valence-electron chi connectivity index (χ2n) is 3.13. The third-order valence-corrected chi connectivity index (χ3v) is 1.92. The Morgan fingerprint density at radius 2 is 1.89 bits per heavy atom. The van der Waals surface area contributed by atoms with Crippen molar-refractivity contribution >= 4 is 11.7 Å². The van der Waals surface area contributed by atoms with E-state index >= 15 is 0 Å². The molecular formula is C11H8F4O3. The van der Waals surface area contributed by atoms with Gasteiger partial charge < -0.3 is 9.84 Å². The minimum Gasteiger partial charge on any atom is -0.507 e. The van der Waals surface area contributed by atoms with Crippen LogP contribution < -0.4 is 0 Å². The molecule has 7 heteroatoms. The van der Waals surface area contributed by atoms with Crippen LogP contribution in [0.25, 0.3) is 5.76 Å². The molecule has 0 heterocycles. The number of halogens is 4. The molecule has 98 valence electrons. The van der Waals surface area contributed by atoms with Crippen molar-refractivity contribution in [3.63, 3.8) is 0 Å². The van der Waals surface area contributed by atoms with Crippen molar-refractivity contribution in [1.82, 2.24) is 0 Å². The van der Waals surface area contributed by atoms with Crippen LogP contribution in [0.1, 0.15) is 12.5 Å². The lowest BCUT2D eigenvalue weighted by molar-refractivity contribution is -0.137. The van der Waals surface area contributed by atoms with Gasteiger partial charge >= 0.3 is 5.97 Å². The summed E-state index contributed by atoms with van der Waals surface area (Å²) in [6, 6.07) is 0.235. The van der Waals surface area contributed by atoms with E-state index < -0.39 is 40.6 Å². The maximum atomic E-state index is 13.2. The maximum absolute atomic E-state index is 13.2.